The van der Waals surface area contributed by atoms with Crippen molar-refractivity contribution in [2.45, 2.75) is 57.0 Å². The number of carbonyl (C=O) groups excluding carboxylic acids is 1. The van der Waals surface area contributed by atoms with E-state index in [0.29, 0.717) is 0 Å². The lowest BCUT2D eigenvalue weighted by Gasteiger charge is -2.17. The normalized spacial score (nSPS) is 40.8. The number of cyclic esters (lactones) is 1. The van der Waals surface area contributed by atoms with E-state index >= 15 is 0 Å². The average Bonchev–Trinajstić information content (AvgIpc) is 2.93. The van der Waals surface area contributed by atoms with Crippen LogP contribution in [0.15, 0.2) is 12.2 Å². The van der Waals surface area contributed by atoms with Crippen molar-refractivity contribution < 1.29 is 19.4 Å². The quantitative estimate of drug-likeness (QED) is 0.436. The summed E-state index contributed by atoms with van der Waals surface area (Å²) in [6.45, 7) is 2.06. The molecule has 0 aromatic rings. The molecule has 0 aromatic carbocycles. The van der Waals surface area contributed by atoms with Crippen LogP contribution in [0.5, 0.6) is 0 Å². The molecule has 0 unspecified atom stereocenters. The fourth-order valence-corrected chi connectivity index (χ4v) is 2.03. The van der Waals surface area contributed by atoms with E-state index in [9.17, 15) is 9.90 Å². The second-order valence-corrected chi connectivity index (χ2v) is 4.43. The number of epoxide rings is 1. The van der Waals surface area contributed by atoms with Gasteiger partial charge < -0.3 is 14.6 Å². The summed E-state index contributed by atoms with van der Waals surface area (Å²) in [4.78, 5) is 11.5. The van der Waals surface area contributed by atoms with Gasteiger partial charge in [-0.25, -0.2) is 0 Å². The molecule has 4 heteroatoms. The van der Waals surface area contributed by atoms with Crippen molar-refractivity contribution in [3.63, 3.8) is 0 Å². The van der Waals surface area contributed by atoms with E-state index in [0.717, 1.165) is 19.3 Å². The zero-order chi connectivity index (χ0) is 11.5. The maximum atomic E-state index is 11.5. The first-order valence-corrected chi connectivity index (χ1v) is 5.90. The van der Waals surface area contributed by atoms with Crippen LogP contribution in [0.25, 0.3) is 0 Å². The van der Waals surface area contributed by atoms with E-state index < -0.39 is 6.10 Å². The second kappa shape index (κ2) is 4.97. The molecule has 0 aromatic heterocycles. The Morgan fingerprint density at radius 3 is 3.06 bits per heavy atom. The zero-order valence-corrected chi connectivity index (χ0v) is 9.46. The van der Waals surface area contributed by atoms with Gasteiger partial charge in [0.2, 0.25) is 0 Å². The van der Waals surface area contributed by atoms with Crippen LogP contribution in [0.3, 0.4) is 0 Å². The summed E-state index contributed by atoms with van der Waals surface area (Å²) in [7, 11) is 0. The van der Waals surface area contributed by atoms with E-state index in [1.54, 1.807) is 6.08 Å². The highest BCUT2D eigenvalue weighted by Gasteiger charge is 2.39. The fraction of sp³-hybridized carbons (Fsp3) is 0.750. The van der Waals surface area contributed by atoms with Crippen molar-refractivity contribution in [1.82, 2.24) is 0 Å². The first kappa shape index (κ1) is 11.6. The highest BCUT2D eigenvalue weighted by Crippen LogP contribution is 2.30. The number of hydrogen-bond donors (Lipinski definition) is 1. The molecule has 90 valence electrons. The van der Waals surface area contributed by atoms with Gasteiger partial charge in [-0.2, -0.15) is 0 Å². The minimum atomic E-state index is -0.752. The lowest BCUT2D eigenvalue weighted by Crippen LogP contribution is -2.24. The van der Waals surface area contributed by atoms with E-state index in [2.05, 4.69) is 6.92 Å². The minimum absolute atomic E-state index is 0.0358. The number of fused-ring (bicyclic) bond motifs is 1. The maximum Gasteiger partial charge on any atom is 0.309 e. The summed E-state index contributed by atoms with van der Waals surface area (Å²) in [5, 5.41) is 9.51. The predicted molar refractivity (Wildman–Crippen MR) is 57.8 cm³/mol. The Hall–Kier alpha value is -0.870. The Labute approximate surface area is 95.2 Å². The Balaban J connectivity index is 1.99. The minimum Gasteiger partial charge on any atom is -0.462 e. The number of hydrogen-bond acceptors (Lipinski definition) is 4. The molecular weight excluding hydrogens is 208 g/mol. The van der Waals surface area contributed by atoms with Gasteiger partial charge in [-0.05, 0) is 6.42 Å². The van der Waals surface area contributed by atoms with Crippen molar-refractivity contribution in [1.29, 1.82) is 0 Å². The van der Waals surface area contributed by atoms with Crippen molar-refractivity contribution in [2.75, 3.05) is 0 Å². The monoisotopic (exact) mass is 226 g/mol. The van der Waals surface area contributed by atoms with Crippen molar-refractivity contribution in [3.8, 4) is 0 Å². The first-order valence-electron chi connectivity index (χ1n) is 5.90. The van der Waals surface area contributed by atoms with Gasteiger partial charge in [0.25, 0.3) is 0 Å². The molecule has 4 atom stereocenters. The Morgan fingerprint density at radius 2 is 2.31 bits per heavy atom. The highest BCUT2D eigenvalue weighted by molar-refractivity contribution is 5.70. The molecule has 1 fully saturated rings. The third-order valence-electron chi connectivity index (χ3n) is 2.92. The largest absolute Gasteiger partial charge is 0.462 e. The molecule has 2 aliphatic rings. The summed E-state index contributed by atoms with van der Waals surface area (Å²) in [5.41, 5.74) is 0. The fourth-order valence-electron chi connectivity index (χ4n) is 2.03. The van der Waals surface area contributed by atoms with Gasteiger partial charge in [0.1, 0.15) is 12.2 Å². The van der Waals surface area contributed by atoms with Gasteiger partial charge in [-0.3, -0.25) is 4.79 Å². The lowest BCUT2D eigenvalue weighted by molar-refractivity contribution is -0.151. The van der Waals surface area contributed by atoms with E-state index in [4.69, 9.17) is 9.47 Å². The lowest BCUT2D eigenvalue weighted by atomic mass is 10.1. The van der Waals surface area contributed by atoms with Crippen LogP contribution in [0.4, 0.5) is 0 Å². The van der Waals surface area contributed by atoms with E-state index in [-0.39, 0.29) is 30.7 Å². The molecule has 0 spiro atoms. The summed E-state index contributed by atoms with van der Waals surface area (Å²) < 4.78 is 10.7. The molecule has 16 heavy (non-hydrogen) atoms. The van der Waals surface area contributed by atoms with Crippen LogP contribution in [-0.2, 0) is 14.3 Å². The van der Waals surface area contributed by atoms with Gasteiger partial charge in [-0.15, -0.1) is 0 Å². The smallest absolute Gasteiger partial charge is 0.309 e. The third-order valence-corrected chi connectivity index (χ3v) is 2.92. The SMILES string of the molecule is CCC[C@H]1C[C@H]2O[C@H]2/C=C\[C@@H](O)CC(=O)O1. The predicted octanol–water partition coefficient (Wildman–Crippen LogP) is 1.18. The van der Waals surface area contributed by atoms with Crippen LogP contribution in [0.2, 0.25) is 0 Å². The molecule has 4 nitrogen and oxygen atoms in total. The average molecular weight is 226 g/mol. The molecule has 1 saturated heterocycles. The first-order chi connectivity index (χ1) is 7.69. The highest BCUT2D eigenvalue weighted by atomic mass is 16.6. The molecule has 2 heterocycles. The summed E-state index contributed by atoms with van der Waals surface area (Å²) in [6, 6.07) is 0. The molecular formula is C12H18O4. The van der Waals surface area contributed by atoms with E-state index in [1.165, 1.54) is 0 Å². The molecule has 2 rings (SSSR count). The van der Waals surface area contributed by atoms with Crippen molar-refractivity contribution in [3.05, 3.63) is 12.2 Å². The van der Waals surface area contributed by atoms with Crippen LogP contribution in [-0.4, -0.2) is 35.5 Å². The van der Waals surface area contributed by atoms with Crippen molar-refractivity contribution >= 4 is 5.97 Å². The number of ether oxygens (including phenoxy) is 2. The van der Waals surface area contributed by atoms with Crippen LogP contribution in [0, 0.1) is 0 Å². The Kier molecular flexibility index (Phi) is 3.61. The summed E-state index contributed by atoms with van der Waals surface area (Å²) in [6.07, 6.45) is 5.55. The summed E-state index contributed by atoms with van der Waals surface area (Å²) >= 11 is 0. The van der Waals surface area contributed by atoms with Crippen LogP contribution < -0.4 is 0 Å². The molecule has 0 radical (unpaired) electrons. The van der Waals surface area contributed by atoms with Crippen LogP contribution >= 0.6 is 0 Å². The number of rotatable bonds is 2. The second-order valence-electron chi connectivity index (χ2n) is 4.43. The molecule has 0 saturated carbocycles. The van der Waals surface area contributed by atoms with Gasteiger partial charge in [0.05, 0.1) is 18.6 Å². The summed E-state index contributed by atoms with van der Waals surface area (Å²) in [5.74, 6) is -0.324. The Bertz CT molecular complexity index is 287. The standard InChI is InChI=1S/C12H18O4/c1-2-3-9-7-11-10(16-11)5-4-8(13)6-12(14)15-9/h4-5,8-11,13H,2-3,6-7H2,1H3/b5-4-/t8-,9+,10+,11-/m1/s1. The maximum absolute atomic E-state index is 11.5. The van der Waals surface area contributed by atoms with Crippen molar-refractivity contribution in [2.24, 2.45) is 0 Å². The van der Waals surface area contributed by atoms with Gasteiger partial charge in [-0.1, -0.05) is 25.5 Å². The van der Waals surface area contributed by atoms with E-state index in [1.807, 2.05) is 6.08 Å². The molecule has 0 bridgehead atoms. The molecule has 2 aliphatic heterocycles. The molecule has 0 amide bonds. The number of aliphatic hydroxyl groups excluding tert-OH is 1. The zero-order valence-electron chi connectivity index (χ0n) is 9.46. The van der Waals surface area contributed by atoms with Gasteiger partial charge in [0.15, 0.2) is 0 Å². The third kappa shape index (κ3) is 3.06. The molecule has 0 aliphatic carbocycles. The Morgan fingerprint density at radius 1 is 1.50 bits per heavy atom. The number of carbonyl (C=O) groups is 1. The number of esters is 1. The van der Waals surface area contributed by atoms with Gasteiger partial charge in [0, 0.05) is 6.42 Å². The topological polar surface area (TPSA) is 59.1 Å². The number of aliphatic hydroxyl groups is 1. The van der Waals surface area contributed by atoms with Crippen LogP contribution in [0.1, 0.15) is 32.6 Å². The molecule has 1 N–H and O–H groups in total. The van der Waals surface area contributed by atoms with Gasteiger partial charge >= 0.3 is 5.97 Å².